The van der Waals surface area contributed by atoms with Gasteiger partial charge in [-0.2, -0.15) is 10.5 Å². The van der Waals surface area contributed by atoms with Crippen LogP contribution in [0.15, 0.2) is 176 Å². The van der Waals surface area contributed by atoms with Gasteiger partial charge in [-0.05, 0) is 83.9 Å². The van der Waals surface area contributed by atoms with Gasteiger partial charge in [-0.25, -0.2) is 0 Å². The van der Waals surface area contributed by atoms with E-state index in [4.69, 9.17) is 0 Å². The Bertz CT molecular complexity index is 3400. The van der Waals surface area contributed by atoms with Crippen molar-refractivity contribution in [3.05, 3.63) is 187 Å². The molecule has 0 unspecified atom stereocenters. The van der Waals surface area contributed by atoms with Crippen molar-refractivity contribution >= 4 is 65.4 Å². The highest BCUT2D eigenvalue weighted by molar-refractivity contribution is 6.16. The molecule has 3 aromatic heterocycles. The molecule has 0 N–H and O–H groups in total. The van der Waals surface area contributed by atoms with E-state index in [0.717, 1.165) is 71.8 Å². The van der Waals surface area contributed by atoms with Crippen LogP contribution in [0.2, 0.25) is 0 Å². The molecule has 0 fully saturated rings. The Balaban J connectivity index is 1.06. The highest BCUT2D eigenvalue weighted by atomic mass is 15.0. The SMILES string of the molecule is N#Cc1cc(-n2c3ccccc3c3c(-n4c5ccccc5c5ccccc54)cccc32)ccc1-c1ccc(-n2c3ccccc3c3c(C#N)cccc32)cc1. The van der Waals surface area contributed by atoms with Crippen LogP contribution in [0.3, 0.4) is 0 Å². The molecule has 0 aliphatic carbocycles. The fraction of sp³-hybridized carbons (Fsp3) is 0. The van der Waals surface area contributed by atoms with E-state index >= 15 is 0 Å². The standard InChI is InChI=1S/C50H29N5/c51-30-33-11-9-20-46-49(33)40-14-3-7-18-44(40)53(46)35-25-23-32(24-26-35)37-28-27-36(29-34(37)31-52)54-45-19-8-4-15-41(45)50-47(54)21-10-22-48(50)55-42-16-5-1-12-38(42)39-13-2-6-17-43(39)55/h1-29H. The van der Waals surface area contributed by atoms with Gasteiger partial charge < -0.3 is 13.7 Å². The van der Waals surface area contributed by atoms with Gasteiger partial charge in [0.2, 0.25) is 0 Å². The summed E-state index contributed by atoms with van der Waals surface area (Å²) in [5, 5.41) is 27.3. The van der Waals surface area contributed by atoms with Gasteiger partial charge in [0.05, 0.1) is 62.1 Å². The maximum atomic E-state index is 10.6. The third-order valence-electron chi connectivity index (χ3n) is 11.1. The summed E-state index contributed by atoms with van der Waals surface area (Å²) in [5.41, 5.74) is 12.7. The third-order valence-corrected chi connectivity index (χ3v) is 11.1. The lowest BCUT2D eigenvalue weighted by molar-refractivity contribution is 1.17. The van der Waals surface area contributed by atoms with Crippen LogP contribution in [0, 0.1) is 22.7 Å². The van der Waals surface area contributed by atoms with Crippen molar-refractivity contribution in [2.24, 2.45) is 0 Å². The molecule has 0 aliphatic heterocycles. The molecule has 0 amide bonds. The summed E-state index contributed by atoms with van der Waals surface area (Å²) < 4.78 is 6.88. The molecule has 0 spiro atoms. The number of benzene rings is 8. The fourth-order valence-corrected chi connectivity index (χ4v) is 8.84. The maximum absolute atomic E-state index is 10.6. The number of rotatable bonds is 4. The average Bonchev–Trinajstić information content (AvgIpc) is 3.89. The van der Waals surface area contributed by atoms with Crippen molar-refractivity contribution < 1.29 is 0 Å². The van der Waals surface area contributed by atoms with Gasteiger partial charge in [0.25, 0.3) is 0 Å². The molecular weight excluding hydrogens is 671 g/mol. The van der Waals surface area contributed by atoms with Gasteiger partial charge in [0.15, 0.2) is 0 Å². The highest BCUT2D eigenvalue weighted by Gasteiger charge is 2.20. The predicted molar refractivity (Wildman–Crippen MR) is 224 cm³/mol. The van der Waals surface area contributed by atoms with Crippen LogP contribution in [-0.2, 0) is 0 Å². The molecule has 0 aliphatic rings. The summed E-state index contributed by atoms with van der Waals surface area (Å²) in [7, 11) is 0. The smallest absolute Gasteiger partial charge is 0.0998 e. The van der Waals surface area contributed by atoms with Crippen LogP contribution in [0.1, 0.15) is 11.1 Å². The Morgan fingerprint density at radius 2 is 0.818 bits per heavy atom. The van der Waals surface area contributed by atoms with Gasteiger partial charge in [-0.15, -0.1) is 0 Å². The fourth-order valence-electron chi connectivity index (χ4n) is 8.84. The first-order valence-corrected chi connectivity index (χ1v) is 18.3. The van der Waals surface area contributed by atoms with Crippen molar-refractivity contribution in [2.45, 2.75) is 0 Å². The molecular formula is C50H29N5. The minimum absolute atomic E-state index is 0.602. The van der Waals surface area contributed by atoms with E-state index < -0.39 is 0 Å². The Hall–Kier alpha value is -7.86. The Kier molecular flexibility index (Phi) is 6.61. The second-order valence-electron chi connectivity index (χ2n) is 13.9. The lowest BCUT2D eigenvalue weighted by atomic mass is 9.99. The second kappa shape index (κ2) is 11.8. The molecule has 5 heteroatoms. The van der Waals surface area contributed by atoms with Crippen LogP contribution >= 0.6 is 0 Å². The average molecular weight is 700 g/mol. The van der Waals surface area contributed by atoms with Crippen molar-refractivity contribution in [3.63, 3.8) is 0 Å². The molecule has 5 nitrogen and oxygen atoms in total. The number of nitrogens with zero attached hydrogens (tertiary/aromatic N) is 5. The number of aromatic nitrogens is 3. The van der Waals surface area contributed by atoms with Crippen LogP contribution in [-0.4, -0.2) is 13.7 Å². The van der Waals surface area contributed by atoms with Crippen LogP contribution in [0.25, 0.3) is 93.6 Å². The molecule has 0 bridgehead atoms. The molecule has 55 heavy (non-hydrogen) atoms. The summed E-state index contributed by atoms with van der Waals surface area (Å²) in [6.45, 7) is 0. The maximum Gasteiger partial charge on any atom is 0.0998 e. The largest absolute Gasteiger partial charge is 0.309 e. The highest BCUT2D eigenvalue weighted by Crippen LogP contribution is 2.41. The first kappa shape index (κ1) is 30.7. The van der Waals surface area contributed by atoms with E-state index in [0.29, 0.717) is 11.1 Å². The zero-order valence-corrected chi connectivity index (χ0v) is 29.5. The Morgan fingerprint density at radius 3 is 1.44 bits per heavy atom. The second-order valence-corrected chi connectivity index (χ2v) is 13.9. The van der Waals surface area contributed by atoms with Crippen LogP contribution in [0.5, 0.6) is 0 Å². The third kappa shape index (κ3) is 4.39. The summed E-state index contributed by atoms with van der Waals surface area (Å²) >= 11 is 0. The molecule has 0 atom stereocenters. The minimum Gasteiger partial charge on any atom is -0.309 e. The molecule has 8 aromatic carbocycles. The lowest BCUT2D eigenvalue weighted by Crippen LogP contribution is -1.98. The number of fused-ring (bicyclic) bond motifs is 9. The zero-order valence-electron chi connectivity index (χ0n) is 29.5. The first-order valence-electron chi connectivity index (χ1n) is 18.3. The number of nitriles is 2. The van der Waals surface area contributed by atoms with Gasteiger partial charge in [0, 0.05) is 43.7 Å². The number of hydrogen-bond donors (Lipinski definition) is 0. The molecule has 254 valence electrons. The van der Waals surface area contributed by atoms with Crippen LogP contribution < -0.4 is 0 Å². The predicted octanol–water partition coefficient (Wildman–Crippen LogP) is 12.4. The molecule has 0 saturated heterocycles. The minimum atomic E-state index is 0.602. The van der Waals surface area contributed by atoms with Crippen LogP contribution in [0.4, 0.5) is 0 Å². The van der Waals surface area contributed by atoms with E-state index in [9.17, 15) is 10.5 Å². The molecule has 0 saturated carbocycles. The van der Waals surface area contributed by atoms with E-state index in [1.807, 2.05) is 30.3 Å². The normalized spacial score (nSPS) is 11.6. The topological polar surface area (TPSA) is 62.4 Å². The van der Waals surface area contributed by atoms with Gasteiger partial charge in [-0.3, -0.25) is 0 Å². The molecule has 0 radical (unpaired) electrons. The summed E-state index contributed by atoms with van der Waals surface area (Å²) in [4.78, 5) is 0. The summed E-state index contributed by atoms with van der Waals surface area (Å²) in [6, 6.07) is 65.9. The van der Waals surface area contributed by atoms with Gasteiger partial charge in [0.1, 0.15) is 0 Å². The monoisotopic (exact) mass is 699 g/mol. The van der Waals surface area contributed by atoms with Gasteiger partial charge >= 0.3 is 0 Å². The summed E-state index contributed by atoms with van der Waals surface area (Å²) in [6.07, 6.45) is 0. The Morgan fingerprint density at radius 1 is 0.345 bits per heavy atom. The first-order chi connectivity index (χ1) is 27.2. The quantitative estimate of drug-likeness (QED) is 0.184. The molecule has 11 aromatic rings. The van der Waals surface area contributed by atoms with Crippen molar-refractivity contribution in [2.75, 3.05) is 0 Å². The molecule has 3 heterocycles. The van der Waals surface area contributed by atoms with E-state index in [1.165, 1.54) is 21.8 Å². The van der Waals surface area contributed by atoms with E-state index in [1.54, 1.807) is 0 Å². The van der Waals surface area contributed by atoms with E-state index in [-0.39, 0.29) is 0 Å². The number of para-hydroxylation sites is 4. The van der Waals surface area contributed by atoms with Crippen molar-refractivity contribution in [1.29, 1.82) is 10.5 Å². The van der Waals surface area contributed by atoms with E-state index in [2.05, 4.69) is 171 Å². The van der Waals surface area contributed by atoms with Crippen molar-refractivity contribution in [1.82, 2.24) is 13.7 Å². The number of hydrogen-bond acceptors (Lipinski definition) is 2. The molecule has 11 rings (SSSR count). The van der Waals surface area contributed by atoms with Crippen molar-refractivity contribution in [3.8, 4) is 40.3 Å². The summed E-state index contributed by atoms with van der Waals surface area (Å²) in [5.74, 6) is 0. The Labute approximate surface area is 316 Å². The lowest BCUT2D eigenvalue weighted by Gasteiger charge is -2.13. The zero-order chi connectivity index (χ0) is 36.6. The van der Waals surface area contributed by atoms with Gasteiger partial charge in [-0.1, -0.05) is 103 Å².